The largest absolute Gasteiger partial charge is 0.463 e. The summed E-state index contributed by atoms with van der Waals surface area (Å²) in [6.07, 6.45) is -5.52. The van der Waals surface area contributed by atoms with Crippen molar-refractivity contribution < 1.29 is 37.3 Å². The molecule has 0 aromatic heterocycles. The number of esters is 2. The first-order valence-corrected chi connectivity index (χ1v) is 6.06. The Morgan fingerprint density at radius 3 is 1.45 bits per heavy atom. The third-order valence-electron chi connectivity index (χ3n) is 2.10. The minimum atomic E-state index is -5.52. The number of ether oxygens (including phenoxy) is 2. The maximum absolute atomic E-state index is 12.8. The van der Waals surface area contributed by atoms with E-state index >= 15 is 0 Å². The molecule has 0 rings (SSSR count). The van der Waals surface area contributed by atoms with Crippen LogP contribution in [0.1, 0.15) is 27.7 Å². The lowest BCUT2D eigenvalue weighted by Crippen LogP contribution is -2.59. The molecule has 0 fully saturated rings. The van der Waals surface area contributed by atoms with Gasteiger partial charge in [-0.1, -0.05) is 27.7 Å². The van der Waals surface area contributed by atoms with Gasteiger partial charge in [-0.15, -0.1) is 0 Å². The molecule has 0 bridgehead atoms. The molecule has 0 unspecified atom stereocenters. The Kier molecular flexibility index (Phi) is 6.46. The number of hydrogen-bond donors (Lipinski definition) is 1. The van der Waals surface area contributed by atoms with Crippen LogP contribution in [-0.2, 0) is 19.1 Å². The van der Waals surface area contributed by atoms with Crippen molar-refractivity contribution in [3.63, 3.8) is 0 Å². The number of hydrogen-bond acceptors (Lipinski definition) is 5. The van der Waals surface area contributed by atoms with Gasteiger partial charge in [0, 0.05) is 0 Å². The molecule has 8 heteroatoms. The highest BCUT2D eigenvalue weighted by Crippen LogP contribution is 2.33. The van der Waals surface area contributed by atoms with Crippen LogP contribution in [0, 0.1) is 11.8 Å². The second kappa shape index (κ2) is 6.92. The molecule has 0 heterocycles. The van der Waals surface area contributed by atoms with Crippen LogP contribution in [0.15, 0.2) is 0 Å². The van der Waals surface area contributed by atoms with E-state index in [-0.39, 0.29) is 25.0 Å². The molecular formula is C12H19F3O5. The van der Waals surface area contributed by atoms with E-state index in [0.717, 1.165) is 0 Å². The third-order valence-corrected chi connectivity index (χ3v) is 2.10. The van der Waals surface area contributed by atoms with Crippen molar-refractivity contribution in [3.05, 3.63) is 0 Å². The molecule has 0 aliphatic heterocycles. The molecule has 0 aromatic carbocycles. The zero-order valence-electron chi connectivity index (χ0n) is 11.8. The Hall–Kier alpha value is -1.31. The molecule has 1 N–H and O–H groups in total. The Labute approximate surface area is 115 Å². The molecule has 5 nitrogen and oxygen atoms in total. The second-order valence-corrected chi connectivity index (χ2v) is 5.19. The summed E-state index contributed by atoms with van der Waals surface area (Å²) in [4.78, 5) is 22.8. The first-order valence-electron chi connectivity index (χ1n) is 6.06. The van der Waals surface area contributed by atoms with E-state index in [9.17, 15) is 27.9 Å². The number of rotatable bonds is 6. The van der Waals surface area contributed by atoms with Crippen LogP contribution < -0.4 is 0 Å². The van der Waals surface area contributed by atoms with Crippen molar-refractivity contribution in [2.75, 3.05) is 13.2 Å². The Bertz CT molecular complexity index is 325. The highest BCUT2D eigenvalue weighted by Gasteiger charge is 2.68. The summed E-state index contributed by atoms with van der Waals surface area (Å²) in [5.41, 5.74) is -4.29. The Morgan fingerprint density at radius 2 is 1.25 bits per heavy atom. The monoisotopic (exact) mass is 300 g/mol. The van der Waals surface area contributed by atoms with Gasteiger partial charge in [0.1, 0.15) is 0 Å². The van der Waals surface area contributed by atoms with Crippen LogP contribution in [-0.4, -0.2) is 42.0 Å². The maximum atomic E-state index is 12.8. The van der Waals surface area contributed by atoms with Gasteiger partial charge in [0.15, 0.2) is 0 Å². The average Bonchev–Trinajstić information content (AvgIpc) is 2.30. The van der Waals surface area contributed by atoms with Crippen molar-refractivity contribution in [2.45, 2.75) is 39.5 Å². The van der Waals surface area contributed by atoms with Crippen molar-refractivity contribution >= 4 is 11.9 Å². The average molecular weight is 300 g/mol. The van der Waals surface area contributed by atoms with Gasteiger partial charge in [-0.3, -0.25) is 0 Å². The smallest absolute Gasteiger partial charge is 0.439 e. The summed E-state index contributed by atoms with van der Waals surface area (Å²) in [5.74, 6) is -4.65. The van der Waals surface area contributed by atoms with Gasteiger partial charge >= 0.3 is 23.7 Å². The highest BCUT2D eigenvalue weighted by atomic mass is 19.4. The van der Waals surface area contributed by atoms with Crippen molar-refractivity contribution in [2.24, 2.45) is 11.8 Å². The van der Waals surface area contributed by atoms with E-state index in [4.69, 9.17) is 0 Å². The first kappa shape index (κ1) is 18.7. The molecule has 0 saturated carbocycles. The van der Waals surface area contributed by atoms with Crippen molar-refractivity contribution in [3.8, 4) is 0 Å². The number of halogens is 3. The van der Waals surface area contributed by atoms with E-state index < -0.39 is 23.7 Å². The number of carbonyl (C=O) groups excluding carboxylic acids is 2. The van der Waals surface area contributed by atoms with E-state index in [1.165, 1.54) is 0 Å². The lowest BCUT2D eigenvalue weighted by molar-refractivity contribution is -0.264. The van der Waals surface area contributed by atoms with Gasteiger partial charge in [-0.05, 0) is 11.8 Å². The molecule has 0 spiro atoms. The summed E-state index contributed by atoms with van der Waals surface area (Å²) < 4.78 is 47.0. The van der Waals surface area contributed by atoms with Crippen LogP contribution in [0.4, 0.5) is 13.2 Å². The Morgan fingerprint density at radius 1 is 0.950 bits per heavy atom. The van der Waals surface area contributed by atoms with Crippen LogP contribution in [0.25, 0.3) is 0 Å². The number of alkyl halides is 3. The quantitative estimate of drug-likeness (QED) is 0.597. The normalized spacial score (nSPS) is 12.7. The van der Waals surface area contributed by atoms with E-state index in [0.29, 0.717) is 0 Å². The molecule has 0 atom stereocenters. The second-order valence-electron chi connectivity index (χ2n) is 5.19. The SMILES string of the molecule is CC(C)COC(=O)C(O)(C(=O)OCC(C)C)C(F)(F)F. The molecule has 0 aliphatic rings. The molecule has 20 heavy (non-hydrogen) atoms. The summed E-state index contributed by atoms with van der Waals surface area (Å²) >= 11 is 0. The molecular weight excluding hydrogens is 281 g/mol. The standard InChI is InChI=1S/C12H19F3O5/c1-7(2)5-19-9(16)11(18,12(13,14)15)10(17)20-6-8(3)4/h7-8,18H,5-6H2,1-4H3. The number of carbonyl (C=O) groups is 2. The van der Waals surface area contributed by atoms with Gasteiger partial charge < -0.3 is 14.6 Å². The molecule has 0 saturated heterocycles. The minimum Gasteiger partial charge on any atom is -0.463 e. The van der Waals surface area contributed by atoms with Gasteiger partial charge in [0.25, 0.3) is 0 Å². The van der Waals surface area contributed by atoms with Gasteiger partial charge in [0.2, 0.25) is 0 Å². The zero-order valence-corrected chi connectivity index (χ0v) is 11.8. The Balaban J connectivity index is 5.11. The van der Waals surface area contributed by atoms with Crippen LogP contribution in [0.2, 0.25) is 0 Å². The molecule has 0 aliphatic carbocycles. The lowest BCUT2D eigenvalue weighted by Gasteiger charge is -2.26. The zero-order chi connectivity index (χ0) is 16.1. The summed E-state index contributed by atoms with van der Waals surface area (Å²) in [6.45, 7) is 5.67. The number of aliphatic hydroxyl groups is 1. The summed E-state index contributed by atoms with van der Waals surface area (Å²) in [7, 11) is 0. The van der Waals surface area contributed by atoms with Gasteiger partial charge in [-0.25, -0.2) is 9.59 Å². The minimum absolute atomic E-state index is 0.247. The topological polar surface area (TPSA) is 72.8 Å². The third kappa shape index (κ3) is 4.66. The van der Waals surface area contributed by atoms with E-state index in [1.54, 1.807) is 27.7 Å². The van der Waals surface area contributed by atoms with Crippen LogP contribution in [0.3, 0.4) is 0 Å². The first-order chi connectivity index (χ1) is 8.92. The molecule has 0 radical (unpaired) electrons. The molecule has 0 aromatic rings. The predicted octanol–water partition coefficient (Wildman–Crippen LogP) is 1.68. The molecule has 0 amide bonds. The van der Waals surface area contributed by atoms with Gasteiger partial charge in [0.05, 0.1) is 13.2 Å². The molecule has 118 valence electrons. The fourth-order valence-electron chi connectivity index (χ4n) is 1.01. The highest BCUT2D eigenvalue weighted by molar-refractivity contribution is 6.04. The van der Waals surface area contributed by atoms with Crippen LogP contribution >= 0.6 is 0 Å². The fraction of sp³-hybridized carbons (Fsp3) is 0.833. The van der Waals surface area contributed by atoms with Gasteiger partial charge in [-0.2, -0.15) is 13.2 Å². The van der Waals surface area contributed by atoms with Crippen LogP contribution in [0.5, 0.6) is 0 Å². The van der Waals surface area contributed by atoms with E-state index in [2.05, 4.69) is 9.47 Å². The summed E-state index contributed by atoms with van der Waals surface area (Å²) in [6, 6.07) is 0. The van der Waals surface area contributed by atoms with Crippen molar-refractivity contribution in [1.82, 2.24) is 0 Å². The van der Waals surface area contributed by atoms with E-state index in [1.807, 2.05) is 0 Å². The lowest BCUT2D eigenvalue weighted by atomic mass is 10.0. The fourth-order valence-corrected chi connectivity index (χ4v) is 1.01. The van der Waals surface area contributed by atoms with Crippen molar-refractivity contribution in [1.29, 1.82) is 0 Å². The maximum Gasteiger partial charge on any atom is 0.439 e. The summed E-state index contributed by atoms with van der Waals surface area (Å²) in [5, 5.41) is 9.44. The predicted molar refractivity (Wildman–Crippen MR) is 62.6 cm³/mol.